The first kappa shape index (κ1) is 14.4. The van der Waals surface area contributed by atoms with E-state index in [1.165, 1.54) is 16.7 Å². The maximum Gasteiger partial charge on any atom is 0.272 e. The van der Waals surface area contributed by atoms with E-state index in [1.807, 2.05) is 44.2 Å². The van der Waals surface area contributed by atoms with E-state index < -0.39 is 0 Å². The van der Waals surface area contributed by atoms with Crippen LogP contribution < -0.4 is 5.32 Å². The standard InChI is InChI=1S/C19H20N2O/c1-11-5-8-17-16(9-11)14(4)18(21-17)19(22)20-15-7-6-12(2)13(3)10-15/h5-10,21H,1-4H3,(H,20,22). The Morgan fingerprint density at radius 3 is 2.45 bits per heavy atom. The van der Waals surface area contributed by atoms with Crippen LogP contribution in [-0.2, 0) is 0 Å². The molecule has 0 saturated carbocycles. The number of hydrogen-bond acceptors (Lipinski definition) is 1. The summed E-state index contributed by atoms with van der Waals surface area (Å²) in [5.74, 6) is -0.102. The molecule has 1 aromatic heterocycles. The molecule has 112 valence electrons. The Morgan fingerprint density at radius 1 is 0.955 bits per heavy atom. The summed E-state index contributed by atoms with van der Waals surface area (Å²) >= 11 is 0. The third-order valence-electron chi connectivity index (χ3n) is 4.21. The van der Waals surface area contributed by atoms with Crippen LogP contribution in [0.15, 0.2) is 36.4 Å². The predicted octanol–water partition coefficient (Wildman–Crippen LogP) is 4.65. The van der Waals surface area contributed by atoms with Crippen LogP contribution >= 0.6 is 0 Å². The predicted molar refractivity (Wildman–Crippen MR) is 91.6 cm³/mol. The summed E-state index contributed by atoms with van der Waals surface area (Å²) in [6.07, 6.45) is 0. The van der Waals surface area contributed by atoms with Gasteiger partial charge in [-0.15, -0.1) is 0 Å². The highest BCUT2D eigenvalue weighted by Gasteiger charge is 2.15. The Kier molecular flexibility index (Phi) is 3.49. The monoisotopic (exact) mass is 292 g/mol. The highest BCUT2D eigenvalue weighted by Crippen LogP contribution is 2.24. The number of nitrogens with one attached hydrogen (secondary N) is 2. The number of hydrogen-bond donors (Lipinski definition) is 2. The third kappa shape index (κ3) is 2.50. The summed E-state index contributed by atoms with van der Waals surface area (Å²) in [4.78, 5) is 15.8. The molecule has 0 aliphatic heterocycles. The average Bonchev–Trinajstić information content (AvgIpc) is 2.80. The Morgan fingerprint density at radius 2 is 1.73 bits per heavy atom. The summed E-state index contributed by atoms with van der Waals surface area (Å²) in [7, 11) is 0. The van der Waals surface area contributed by atoms with Crippen LogP contribution in [0, 0.1) is 27.7 Å². The van der Waals surface area contributed by atoms with Gasteiger partial charge < -0.3 is 10.3 Å². The molecule has 0 radical (unpaired) electrons. The molecule has 3 aromatic rings. The van der Waals surface area contributed by atoms with Crippen molar-refractivity contribution in [1.82, 2.24) is 4.98 Å². The van der Waals surface area contributed by atoms with Gasteiger partial charge in [0.25, 0.3) is 5.91 Å². The molecule has 0 bridgehead atoms. The summed E-state index contributed by atoms with van der Waals surface area (Å²) in [6, 6.07) is 12.1. The lowest BCUT2D eigenvalue weighted by atomic mass is 10.1. The van der Waals surface area contributed by atoms with E-state index >= 15 is 0 Å². The highest BCUT2D eigenvalue weighted by atomic mass is 16.1. The normalized spacial score (nSPS) is 10.9. The molecule has 2 aromatic carbocycles. The number of aromatic nitrogens is 1. The number of H-pyrrole nitrogens is 1. The number of carbonyl (C=O) groups excluding carboxylic acids is 1. The molecule has 0 unspecified atom stereocenters. The van der Waals surface area contributed by atoms with Crippen LogP contribution in [0.5, 0.6) is 0 Å². The van der Waals surface area contributed by atoms with Crippen LogP contribution in [0.1, 0.15) is 32.7 Å². The van der Waals surface area contributed by atoms with E-state index in [-0.39, 0.29) is 5.91 Å². The summed E-state index contributed by atoms with van der Waals surface area (Å²) < 4.78 is 0. The first-order valence-corrected chi connectivity index (χ1v) is 7.43. The van der Waals surface area contributed by atoms with E-state index in [0.717, 1.165) is 22.2 Å². The van der Waals surface area contributed by atoms with Crippen molar-refractivity contribution in [3.8, 4) is 0 Å². The Balaban J connectivity index is 1.95. The fraction of sp³-hybridized carbons (Fsp3) is 0.211. The van der Waals surface area contributed by atoms with E-state index in [0.29, 0.717) is 5.69 Å². The highest BCUT2D eigenvalue weighted by molar-refractivity contribution is 6.07. The molecule has 2 N–H and O–H groups in total. The number of amides is 1. The lowest BCUT2D eigenvalue weighted by Crippen LogP contribution is -2.13. The number of carbonyl (C=O) groups is 1. The fourth-order valence-corrected chi connectivity index (χ4v) is 2.68. The minimum absolute atomic E-state index is 0.102. The van der Waals surface area contributed by atoms with Gasteiger partial charge in [-0.1, -0.05) is 17.7 Å². The average molecular weight is 292 g/mol. The molecule has 0 atom stereocenters. The molecule has 0 aliphatic rings. The van der Waals surface area contributed by atoms with Crippen molar-refractivity contribution in [3.05, 3.63) is 64.3 Å². The first-order chi connectivity index (χ1) is 10.5. The second-order valence-electron chi connectivity index (χ2n) is 5.93. The lowest BCUT2D eigenvalue weighted by molar-refractivity contribution is 0.102. The number of rotatable bonds is 2. The van der Waals surface area contributed by atoms with Crippen LogP contribution in [0.25, 0.3) is 10.9 Å². The van der Waals surface area contributed by atoms with E-state index in [9.17, 15) is 4.79 Å². The van der Waals surface area contributed by atoms with Gasteiger partial charge in [-0.2, -0.15) is 0 Å². The van der Waals surface area contributed by atoms with Crippen molar-refractivity contribution < 1.29 is 4.79 Å². The second-order valence-corrected chi connectivity index (χ2v) is 5.93. The van der Waals surface area contributed by atoms with Gasteiger partial charge in [0.15, 0.2) is 0 Å². The third-order valence-corrected chi connectivity index (χ3v) is 4.21. The molecular formula is C19H20N2O. The SMILES string of the molecule is Cc1ccc2[nH]c(C(=O)Nc3ccc(C)c(C)c3)c(C)c2c1. The van der Waals surface area contributed by atoms with E-state index in [1.54, 1.807) is 0 Å². The smallest absolute Gasteiger partial charge is 0.272 e. The quantitative estimate of drug-likeness (QED) is 0.709. The van der Waals surface area contributed by atoms with Gasteiger partial charge in [0.05, 0.1) is 0 Å². The van der Waals surface area contributed by atoms with Crippen molar-refractivity contribution >= 4 is 22.5 Å². The van der Waals surface area contributed by atoms with Crippen LogP contribution in [0.4, 0.5) is 5.69 Å². The molecule has 22 heavy (non-hydrogen) atoms. The Labute approximate surface area is 130 Å². The first-order valence-electron chi connectivity index (χ1n) is 7.43. The maximum absolute atomic E-state index is 12.5. The summed E-state index contributed by atoms with van der Waals surface area (Å²) in [5, 5.41) is 4.07. The molecule has 1 amide bonds. The largest absolute Gasteiger partial charge is 0.350 e. The summed E-state index contributed by atoms with van der Waals surface area (Å²) in [5.41, 5.74) is 7.00. The van der Waals surface area contributed by atoms with Gasteiger partial charge in [-0.05, 0) is 68.7 Å². The molecule has 0 aliphatic carbocycles. The van der Waals surface area contributed by atoms with Gasteiger partial charge in [0, 0.05) is 16.6 Å². The van der Waals surface area contributed by atoms with E-state index in [4.69, 9.17) is 0 Å². The van der Waals surface area contributed by atoms with Crippen molar-refractivity contribution in [2.24, 2.45) is 0 Å². The second kappa shape index (κ2) is 5.34. The zero-order valence-electron chi connectivity index (χ0n) is 13.4. The zero-order chi connectivity index (χ0) is 15.9. The minimum atomic E-state index is -0.102. The number of anilines is 1. The zero-order valence-corrected chi connectivity index (χ0v) is 13.4. The van der Waals surface area contributed by atoms with Crippen molar-refractivity contribution in [2.75, 3.05) is 5.32 Å². The van der Waals surface area contributed by atoms with Gasteiger partial charge in [-0.3, -0.25) is 4.79 Å². The van der Waals surface area contributed by atoms with Gasteiger partial charge in [-0.25, -0.2) is 0 Å². The molecule has 3 rings (SSSR count). The van der Waals surface area contributed by atoms with Gasteiger partial charge in [0.1, 0.15) is 5.69 Å². The molecular weight excluding hydrogens is 272 g/mol. The molecule has 0 fully saturated rings. The summed E-state index contributed by atoms with van der Waals surface area (Å²) in [6.45, 7) is 8.14. The van der Waals surface area contributed by atoms with E-state index in [2.05, 4.69) is 30.2 Å². The maximum atomic E-state index is 12.5. The van der Waals surface area contributed by atoms with Crippen molar-refractivity contribution in [1.29, 1.82) is 0 Å². The fourth-order valence-electron chi connectivity index (χ4n) is 2.68. The van der Waals surface area contributed by atoms with Crippen LogP contribution in [0.3, 0.4) is 0 Å². The number of aromatic amines is 1. The van der Waals surface area contributed by atoms with Gasteiger partial charge in [0.2, 0.25) is 0 Å². The molecule has 3 heteroatoms. The lowest BCUT2D eigenvalue weighted by Gasteiger charge is -2.07. The Hall–Kier alpha value is -2.55. The number of benzene rings is 2. The number of aryl methyl sites for hydroxylation is 4. The number of fused-ring (bicyclic) bond motifs is 1. The molecule has 3 nitrogen and oxygen atoms in total. The molecule has 0 saturated heterocycles. The van der Waals surface area contributed by atoms with Crippen LogP contribution in [-0.4, -0.2) is 10.9 Å². The van der Waals surface area contributed by atoms with Gasteiger partial charge >= 0.3 is 0 Å². The molecule has 1 heterocycles. The van der Waals surface area contributed by atoms with Crippen LogP contribution in [0.2, 0.25) is 0 Å². The Bertz CT molecular complexity index is 875. The molecule has 0 spiro atoms. The van der Waals surface area contributed by atoms with Crippen molar-refractivity contribution in [2.45, 2.75) is 27.7 Å². The van der Waals surface area contributed by atoms with Crippen molar-refractivity contribution in [3.63, 3.8) is 0 Å². The topological polar surface area (TPSA) is 44.9 Å². The minimum Gasteiger partial charge on any atom is -0.350 e.